The lowest BCUT2D eigenvalue weighted by molar-refractivity contribution is 0.0949. The van der Waals surface area contributed by atoms with Crippen molar-refractivity contribution in [2.45, 2.75) is 33.9 Å². The number of amides is 1. The zero-order valence-electron chi connectivity index (χ0n) is 21.2. The average molecular weight is 503 g/mol. The quantitative estimate of drug-likeness (QED) is 0.331. The molecule has 2 aromatic heterocycles. The fourth-order valence-corrected chi connectivity index (χ4v) is 3.99. The Bertz CT molecular complexity index is 1410. The van der Waals surface area contributed by atoms with E-state index in [-0.39, 0.29) is 24.6 Å². The maximum Gasteiger partial charge on any atom is 0.274 e. The van der Waals surface area contributed by atoms with E-state index in [1.807, 2.05) is 51.1 Å². The second-order valence-electron chi connectivity index (χ2n) is 8.10. The van der Waals surface area contributed by atoms with Gasteiger partial charge in [-0.3, -0.25) is 14.6 Å². The molecular weight excluding hydrogens is 472 g/mol. The molecule has 0 saturated heterocycles. The van der Waals surface area contributed by atoms with Crippen molar-refractivity contribution in [2.24, 2.45) is 0 Å². The molecule has 0 aliphatic carbocycles. The van der Waals surface area contributed by atoms with Gasteiger partial charge in [-0.2, -0.15) is 5.10 Å². The van der Waals surface area contributed by atoms with Gasteiger partial charge in [0.05, 0.1) is 44.0 Å². The van der Waals surface area contributed by atoms with Crippen LogP contribution in [0.15, 0.2) is 65.7 Å². The van der Waals surface area contributed by atoms with Crippen LogP contribution in [0.2, 0.25) is 0 Å². The van der Waals surface area contributed by atoms with E-state index in [2.05, 4.69) is 15.4 Å². The van der Waals surface area contributed by atoms with E-state index in [9.17, 15) is 9.59 Å². The van der Waals surface area contributed by atoms with Crippen molar-refractivity contribution in [1.29, 1.82) is 0 Å². The summed E-state index contributed by atoms with van der Waals surface area (Å²) in [5.41, 5.74) is 1.59. The van der Waals surface area contributed by atoms with E-state index < -0.39 is 0 Å². The van der Waals surface area contributed by atoms with Gasteiger partial charge in [0.2, 0.25) is 5.75 Å². The molecule has 192 valence electrons. The van der Waals surface area contributed by atoms with E-state index in [0.717, 1.165) is 5.56 Å². The highest BCUT2D eigenvalue weighted by Crippen LogP contribution is 2.39. The van der Waals surface area contributed by atoms with E-state index >= 15 is 0 Å². The van der Waals surface area contributed by atoms with Crippen LogP contribution >= 0.6 is 0 Å². The molecule has 0 fully saturated rings. The minimum absolute atomic E-state index is 0.119. The fraction of sp³-hybridized carbons (Fsp3) is 0.286. The average Bonchev–Trinajstić information content (AvgIpc) is 2.92. The maximum atomic E-state index is 13.2. The smallest absolute Gasteiger partial charge is 0.274 e. The monoisotopic (exact) mass is 502 g/mol. The zero-order chi connectivity index (χ0) is 26.2. The van der Waals surface area contributed by atoms with Crippen LogP contribution in [0, 0.1) is 0 Å². The lowest BCUT2D eigenvalue weighted by atomic mass is 10.1. The van der Waals surface area contributed by atoms with E-state index in [4.69, 9.17) is 14.2 Å². The molecule has 0 aliphatic heterocycles. The summed E-state index contributed by atoms with van der Waals surface area (Å²) < 4.78 is 18.6. The third kappa shape index (κ3) is 5.88. The molecule has 9 nitrogen and oxygen atoms in total. The molecule has 4 aromatic rings. The van der Waals surface area contributed by atoms with Crippen LogP contribution in [-0.2, 0) is 13.1 Å². The Labute approximate surface area is 215 Å². The highest BCUT2D eigenvalue weighted by Gasteiger charge is 2.19. The number of hydrogen-bond acceptors (Lipinski definition) is 7. The highest BCUT2D eigenvalue weighted by atomic mass is 16.5. The number of aromatic nitrogens is 3. The van der Waals surface area contributed by atoms with Crippen molar-refractivity contribution in [3.63, 3.8) is 0 Å². The number of pyridine rings is 1. The Balaban J connectivity index is 1.65. The molecule has 37 heavy (non-hydrogen) atoms. The molecule has 9 heteroatoms. The van der Waals surface area contributed by atoms with Crippen molar-refractivity contribution >= 4 is 16.7 Å². The van der Waals surface area contributed by atoms with Gasteiger partial charge in [0, 0.05) is 23.3 Å². The lowest BCUT2D eigenvalue weighted by Gasteiger charge is -2.17. The van der Waals surface area contributed by atoms with Gasteiger partial charge < -0.3 is 19.5 Å². The predicted octanol–water partition coefficient (Wildman–Crippen LogP) is 3.97. The van der Waals surface area contributed by atoms with Gasteiger partial charge in [0.25, 0.3) is 11.5 Å². The Morgan fingerprint density at radius 2 is 1.59 bits per heavy atom. The summed E-state index contributed by atoms with van der Waals surface area (Å²) in [5.74, 6) is 1.02. The number of ether oxygens (including phenoxy) is 3. The lowest BCUT2D eigenvalue weighted by Crippen LogP contribution is -2.29. The normalized spacial score (nSPS) is 10.8. The number of nitrogens with zero attached hydrogens (tertiary/aromatic N) is 3. The number of benzene rings is 2. The first kappa shape index (κ1) is 25.7. The van der Waals surface area contributed by atoms with Crippen molar-refractivity contribution in [2.75, 3.05) is 19.8 Å². The molecule has 0 spiro atoms. The zero-order valence-corrected chi connectivity index (χ0v) is 21.2. The number of carbonyl (C=O) groups excluding carboxylic acids is 1. The Hall–Kier alpha value is -4.40. The van der Waals surface area contributed by atoms with E-state index in [1.165, 1.54) is 4.68 Å². The summed E-state index contributed by atoms with van der Waals surface area (Å²) in [4.78, 5) is 30.4. The molecule has 4 rings (SSSR count). The Morgan fingerprint density at radius 1 is 0.919 bits per heavy atom. The second kappa shape index (κ2) is 12.0. The van der Waals surface area contributed by atoms with Gasteiger partial charge in [-0.25, -0.2) is 4.68 Å². The maximum absolute atomic E-state index is 13.2. The minimum Gasteiger partial charge on any atom is -0.490 e. The van der Waals surface area contributed by atoms with Crippen LogP contribution in [0.1, 0.15) is 42.4 Å². The first-order valence-corrected chi connectivity index (χ1v) is 12.3. The Kier molecular flexibility index (Phi) is 8.35. The first-order chi connectivity index (χ1) is 18.0. The number of rotatable bonds is 11. The predicted molar refractivity (Wildman–Crippen MR) is 140 cm³/mol. The molecule has 0 radical (unpaired) electrons. The molecule has 0 saturated carbocycles. The van der Waals surface area contributed by atoms with Gasteiger partial charge in [-0.15, -0.1) is 0 Å². The summed E-state index contributed by atoms with van der Waals surface area (Å²) in [6.07, 6.45) is 3.37. The summed E-state index contributed by atoms with van der Waals surface area (Å²) >= 11 is 0. The van der Waals surface area contributed by atoms with Crippen LogP contribution in [-0.4, -0.2) is 40.5 Å². The van der Waals surface area contributed by atoms with Crippen LogP contribution in [0.4, 0.5) is 0 Å². The molecule has 0 unspecified atom stereocenters. The second-order valence-corrected chi connectivity index (χ2v) is 8.10. The van der Waals surface area contributed by atoms with Crippen molar-refractivity contribution in [1.82, 2.24) is 20.1 Å². The standard InChI is InChI=1S/C28H30N4O5/c1-4-35-24-14-20(15-25(36-5-2)26(24)37-6-3)27(33)30-17-23-21-11-7-8-12-22(21)28(34)32(31-23)18-19-10-9-13-29-16-19/h7-16H,4-6,17-18H2,1-3H3,(H,30,33). The topological polar surface area (TPSA) is 105 Å². The van der Waals surface area contributed by atoms with Crippen LogP contribution in [0.3, 0.4) is 0 Å². The number of fused-ring (bicyclic) bond motifs is 1. The van der Waals surface area contributed by atoms with Gasteiger partial charge in [-0.05, 0) is 50.6 Å². The van der Waals surface area contributed by atoms with Crippen molar-refractivity contribution < 1.29 is 19.0 Å². The van der Waals surface area contributed by atoms with E-state index in [1.54, 1.807) is 30.6 Å². The Morgan fingerprint density at radius 3 is 2.22 bits per heavy atom. The molecule has 0 aliphatic rings. The third-order valence-electron chi connectivity index (χ3n) is 5.59. The van der Waals surface area contributed by atoms with Crippen LogP contribution < -0.4 is 25.1 Å². The van der Waals surface area contributed by atoms with Crippen LogP contribution in [0.5, 0.6) is 17.2 Å². The molecule has 2 aromatic carbocycles. The van der Waals surface area contributed by atoms with Crippen molar-refractivity contribution in [3.8, 4) is 17.2 Å². The van der Waals surface area contributed by atoms with Gasteiger partial charge in [-0.1, -0.05) is 24.3 Å². The molecule has 0 atom stereocenters. The third-order valence-corrected chi connectivity index (χ3v) is 5.59. The molecule has 0 bridgehead atoms. The SMILES string of the molecule is CCOc1cc(C(=O)NCc2nn(Cc3cccnc3)c(=O)c3ccccc23)cc(OCC)c1OCC. The minimum atomic E-state index is -0.333. The highest BCUT2D eigenvalue weighted by molar-refractivity contribution is 5.96. The largest absolute Gasteiger partial charge is 0.490 e. The molecule has 1 N–H and O–H groups in total. The molecule has 1 amide bonds. The summed E-state index contributed by atoms with van der Waals surface area (Å²) in [7, 11) is 0. The first-order valence-electron chi connectivity index (χ1n) is 12.3. The van der Waals surface area contributed by atoms with Gasteiger partial charge >= 0.3 is 0 Å². The number of hydrogen-bond donors (Lipinski definition) is 1. The fourth-order valence-electron chi connectivity index (χ4n) is 3.99. The molecular formula is C28H30N4O5. The van der Waals surface area contributed by atoms with Gasteiger partial charge in [0.1, 0.15) is 0 Å². The number of nitrogens with one attached hydrogen (secondary N) is 1. The summed E-state index contributed by atoms with van der Waals surface area (Å²) in [6.45, 7) is 7.23. The summed E-state index contributed by atoms with van der Waals surface area (Å²) in [5, 5.41) is 8.73. The van der Waals surface area contributed by atoms with Gasteiger partial charge in [0.15, 0.2) is 11.5 Å². The number of carbonyl (C=O) groups is 1. The van der Waals surface area contributed by atoms with E-state index in [0.29, 0.717) is 59.1 Å². The van der Waals surface area contributed by atoms with Crippen molar-refractivity contribution in [3.05, 3.63) is 88.1 Å². The molecule has 2 heterocycles. The summed E-state index contributed by atoms with van der Waals surface area (Å²) in [6, 6.07) is 14.2. The van der Waals surface area contributed by atoms with Crippen LogP contribution in [0.25, 0.3) is 10.8 Å².